The molecule has 1 amide bonds. The van der Waals surface area contributed by atoms with E-state index in [9.17, 15) is 4.79 Å². The van der Waals surface area contributed by atoms with Gasteiger partial charge in [0.05, 0.1) is 0 Å². The molecule has 7 heteroatoms. The topological polar surface area (TPSA) is 68.6 Å². The molecule has 3 aliphatic rings. The van der Waals surface area contributed by atoms with E-state index in [1.165, 1.54) is 23.2 Å². The third-order valence-electron chi connectivity index (χ3n) is 6.66. The van der Waals surface area contributed by atoms with E-state index in [0.717, 1.165) is 76.2 Å². The lowest BCUT2D eigenvalue weighted by molar-refractivity contribution is 0.0716. The first-order valence-corrected chi connectivity index (χ1v) is 11.7. The SMILES string of the molecule is CCCn1nc(C(=O)N2CCCCC2)c2c1CCC(NCc1ccc3c(c1)OCO3)C2. The quantitative estimate of drug-likeness (QED) is 0.771. The minimum absolute atomic E-state index is 0.127. The Bertz CT molecular complexity index is 949. The zero-order valence-electron chi connectivity index (χ0n) is 18.4. The average Bonchev–Trinajstić information content (AvgIpc) is 3.42. The maximum absolute atomic E-state index is 13.3. The van der Waals surface area contributed by atoms with Crippen molar-refractivity contribution in [2.75, 3.05) is 19.9 Å². The first kappa shape index (κ1) is 20.4. The fourth-order valence-electron chi connectivity index (χ4n) is 4.99. The van der Waals surface area contributed by atoms with Crippen LogP contribution in [0.4, 0.5) is 0 Å². The van der Waals surface area contributed by atoms with Crippen LogP contribution in [0, 0.1) is 0 Å². The highest BCUT2D eigenvalue weighted by Gasteiger charge is 2.31. The van der Waals surface area contributed by atoms with Crippen LogP contribution in [-0.4, -0.2) is 46.5 Å². The van der Waals surface area contributed by atoms with Crippen LogP contribution in [0.25, 0.3) is 0 Å². The van der Waals surface area contributed by atoms with Crippen LogP contribution >= 0.6 is 0 Å². The summed E-state index contributed by atoms with van der Waals surface area (Å²) in [6.07, 6.45) is 7.33. The number of amides is 1. The van der Waals surface area contributed by atoms with E-state index < -0.39 is 0 Å². The minimum atomic E-state index is 0.127. The highest BCUT2D eigenvalue weighted by Crippen LogP contribution is 2.33. The monoisotopic (exact) mass is 424 g/mol. The number of carbonyl (C=O) groups is 1. The van der Waals surface area contributed by atoms with Crippen LogP contribution in [0.2, 0.25) is 0 Å². The third-order valence-corrected chi connectivity index (χ3v) is 6.66. The molecule has 1 unspecified atom stereocenters. The fourth-order valence-corrected chi connectivity index (χ4v) is 4.99. The fraction of sp³-hybridized carbons (Fsp3) is 0.583. The van der Waals surface area contributed by atoms with Crippen molar-refractivity contribution in [3.8, 4) is 11.5 Å². The molecule has 1 aliphatic carbocycles. The van der Waals surface area contributed by atoms with Gasteiger partial charge in [0.2, 0.25) is 6.79 Å². The maximum Gasteiger partial charge on any atom is 0.274 e. The first-order chi connectivity index (χ1) is 15.2. The smallest absolute Gasteiger partial charge is 0.274 e. The van der Waals surface area contributed by atoms with Crippen molar-refractivity contribution in [1.29, 1.82) is 0 Å². The summed E-state index contributed by atoms with van der Waals surface area (Å²) < 4.78 is 13.0. The van der Waals surface area contributed by atoms with Crippen LogP contribution in [-0.2, 0) is 25.9 Å². The van der Waals surface area contributed by atoms with Crippen molar-refractivity contribution in [2.24, 2.45) is 0 Å². The van der Waals surface area contributed by atoms with E-state index in [-0.39, 0.29) is 5.91 Å². The summed E-state index contributed by atoms with van der Waals surface area (Å²) >= 11 is 0. The maximum atomic E-state index is 13.3. The molecule has 7 nitrogen and oxygen atoms in total. The van der Waals surface area contributed by atoms with E-state index in [1.54, 1.807) is 0 Å². The number of benzene rings is 1. The first-order valence-electron chi connectivity index (χ1n) is 11.7. The van der Waals surface area contributed by atoms with Gasteiger partial charge < -0.3 is 19.7 Å². The van der Waals surface area contributed by atoms with Crippen LogP contribution < -0.4 is 14.8 Å². The van der Waals surface area contributed by atoms with Gasteiger partial charge in [-0.3, -0.25) is 9.48 Å². The zero-order valence-corrected chi connectivity index (χ0v) is 18.4. The van der Waals surface area contributed by atoms with E-state index in [1.807, 2.05) is 17.0 Å². The van der Waals surface area contributed by atoms with Gasteiger partial charge in [-0.15, -0.1) is 0 Å². The summed E-state index contributed by atoms with van der Waals surface area (Å²) in [6, 6.07) is 6.45. The lowest BCUT2D eigenvalue weighted by atomic mass is 9.90. The molecular weight excluding hydrogens is 392 g/mol. The van der Waals surface area contributed by atoms with Crippen molar-refractivity contribution in [3.05, 3.63) is 40.7 Å². The second kappa shape index (κ2) is 8.91. The minimum Gasteiger partial charge on any atom is -0.454 e. The number of likely N-dealkylation sites (tertiary alicyclic amines) is 1. The predicted molar refractivity (Wildman–Crippen MR) is 117 cm³/mol. The van der Waals surface area contributed by atoms with E-state index in [2.05, 4.69) is 23.0 Å². The Morgan fingerprint density at radius 2 is 2.03 bits per heavy atom. The average molecular weight is 425 g/mol. The van der Waals surface area contributed by atoms with Crippen molar-refractivity contribution >= 4 is 5.91 Å². The van der Waals surface area contributed by atoms with E-state index >= 15 is 0 Å². The van der Waals surface area contributed by atoms with Gasteiger partial charge in [-0.2, -0.15) is 5.10 Å². The molecule has 2 aromatic rings. The Morgan fingerprint density at radius 1 is 1.19 bits per heavy atom. The van der Waals surface area contributed by atoms with Crippen molar-refractivity contribution < 1.29 is 14.3 Å². The number of rotatable bonds is 6. The summed E-state index contributed by atoms with van der Waals surface area (Å²) in [5.41, 5.74) is 4.31. The molecule has 0 radical (unpaired) electrons. The van der Waals surface area contributed by atoms with Crippen molar-refractivity contribution in [2.45, 2.75) is 71.0 Å². The Labute approximate surface area is 183 Å². The number of piperidine rings is 1. The molecule has 1 aromatic carbocycles. The van der Waals surface area contributed by atoms with Gasteiger partial charge in [0.25, 0.3) is 5.91 Å². The molecule has 3 heterocycles. The number of carbonyl (C=O) groups excluding carboxylic acids is 1. The van der Waals surface area contributed by atoms with Crippen LogP contribution in [0.15, 0.2) is 18.2 Å². The molecule has 5 rings (SSSR count). The standard InChI is InChI=1S/C24H32N4O3/c1-2-10-28-20-8-7-18(25-15-17-6-9-21-22(13-17)31-16-30-21)14-19(20)23(26-28)24(29)27-11-4-3-5-12-27/h6,9,13,18,25H,2-5,7-8,10-12,14-16H2,1H3. The summed E-state index contributed by atoms with van der Waals surface area (Å²) in [5.74, 6) is 1.76. The number of aryl methyl sites for hydroxylation is 1. The van der Waals surface area contributed by atoms with Gasteiger partial charge in [0, 0.05) is 43.5 Å². The second-order valence-electron chi connectivity index (χ2n) is 8.86. The summed E-state index contributed by atoms with van der Waals surface area (Å²) in [6.45, 7) is 5.84. The lowest BCUT2D eigenvalue weighted by Gasteiger charge is -2.28. The van der Waals surface area contributed by atoms with Gasteiger partial charge in [-0.1, -0.05) is 13.0 Å². The molecule has 166 valence electrons. The summed E-state index contributed by atoms with van der Waals surface area (Å²) in [5, 5.41) is 8.51. The molecule has 1 fully saturated rings. The van der Waals surface area contributed by atoms with Crippen molar-refractivity contribution in [3.63, 3.8) is 0 Å². The Balaban J connectivity index is 1.31. The number of aromatic nitrogens is 2. The van der Waals surface area contributed by atoms with Crippen molar-refractivity contribution in [1.82, 2.24) is 20.0 Å². The number of ether oxygens (including phenoxy) is 2. The lowest BCUT2D eigenvalue weighted by Crippen LogP contribution is -2.38. The van der Waals surface area contributed by atoms with Crippen LogP contribution in [0.3, 0.4) is 0 Å². The number of nitrogens with zero attached hydrogens (tertiary/aromatic N) is 3. The number of hydrogen-bond acceptors (Lipinski definition) is 5. The molecule has 1 aromatic heterocycles. The molecule has 31 heavy (non-hydrogen) atoms. The molecule has 1 saturated heterocycles. The van der Waals surface area contributed by atoms with E-state index in [0.29, 0.717) is 18.5 Å². The number of nitrogens with one attached hydrogen (secondary N) is 1. The highest BCUT2D eigenvalue weighted by atomic mass is 16.7. The molecule has 1 atom stereocenters. The van der Waals surface area contributed by atoms with Crippen LogP contribution in [0.1, 0.15) is 66.3 Å². The second-order valence-corrected chi connectivity index (χ2v) is 8.86. The molecule has 0 saturated carbocycles. The third kappa shape index (κ3) is 4.15. The highest BCUT2D eigenvalue weighted by molar-refractivity contribution is 5.94. The molecule has 2 aliphatic heterocycles. The normalized spacial score (nSPS) is 20.0. The molecule has 1 N–H and O–H groups in total. The number of hydrogen-bond donors (Lipinski definition) is 1. The Kier molecular flexibility index (Phi) is 5.85. The van der Waals surface area contributed by atoms with Gasteiger partial charge in [-0.05, 0) is 62.6 Å². The van der Waals surface area contributed by atoms with E-state index in [4.69, 9.17) is 14.6 Å². The van der Waals surface area contributed by atoms with Gasteiger partial charge in [0.1, 0.15) is 0 Å². The molecular formula is C24H32N4O3. The summed E-state index contributed by atoms with van der Waals surface area (Å²) in [7, 11) is 0. The zero-order chi connectivity index (χ0) is 21.2. The van der Waals surface area contributed by atoms with Gasteiger partial charge >= 0.3 is 0 Å². The molecule has 0 bridgehead atoms. The predicted octanol–water partition coefficient (Wildman–Crippen LogP) is 3.30. The van der Waals surface area contributed by atoms with Gasteiger partial charge in [0.15, 0.2) is 17.2 Å². The Hall–Kier alpha value is -2.54. The van der Waals surface area contributed by atoms with Gasteiger partial charge in [-0.25, -0.2) is 0 Å². The Morgan fingerprint density at radius 3 is 2.87 bits per heavy atom. The van der Waals surface area contributed by atoms with Crippen LogP contribution in [0.5, 0.6) is 11.5 Å². The molecule has 0 spiro atoms. The number of fused-ring (bicyclic) bond motifs is 2. The summed E-state index contributed by atoms with van der Waals surface area (Å²) in [4.78, 5) is 15.3. The largest absolute Gasteiger partial charge is 0.454 e.